The zero-order chi connectivity index (χ0) is 13.1. The van der Waals surface area contributed by atoms with E-state index in [1.807, 2.05) is 10.6 Å². The van der Waals surface area contributed by atoms with Crippen LogP contribution in [0.25, 0.3) is 6.08 Å². The first-order chi connectivity index (χ1) is 8.60. The van der Waals surface area contributed by atoms with Crippen LogP contribution in [0.1, 0.15) is 5.56 Å². The molecule has 1 aromatic rings. The summed E-state index contributed by atoms with van der Waals surface area (Å²) in [6.07, 6.45) is 1.39. The summed E-state index contributed by atoms with van der Waals surface area (Å²) in [5, 5.41) is 3.98. The third-order valence-electron chi connectivity index (χ3n) is 2.33. The van der Waals surface area contributed by atoms with Gasteiger partial charge in [0, 0.05) is 5.69 Å². The van der Waals surface area contributed by atoms with Gasteiger partial charge in [0.05, 0.1) is 0 Å². The van der Waals surface area contributed by atoms with Crippen molar-refractivity contribution in [3.05, 3.63) is 35.4 Å². The highest BCUT2D eigenvalue weighted by atomic mass is 16.2. The number of rotatable bonds is 2. The molecule has 0 atom stereocenters. The number of nitrogens with two attached hydrogens (primary N) is 1. The second-order valence-electron chi connectivity index (χ2n) is 3.56. The fourth-order valence-corrected chi connectivity index (χ4v) is 1.45. The molecule has 92 valence electrons. The summed E-state index contributed by atoms with van der Waals surface area (Å²) in [6, 6.07) is 5.93. The molecule has 1 aliphatic heterocycles. The molecule has 1 aliphatic rings. The second kappa shape index (κ2) is 4.68. The molecule has 7 nitrogen and oxygen atoms in total. The average Bonchev–Trinajstić information content (AvgIpc) is 2.34. The Hall–Kier alpha value is -2.67. The van der Waals surface area contributed by atoms with Crippen molar-refractivity contribution in [1.29, 1.82) is 0 Å². The minimum Gasteiger partial charge on any atom is -0.324 e. The number of urea groups is 1. The standard InChI is InChI=1S/C11H10N4O3/c12-15-7-3-1-6(2-4-7)5-8-9(16)13-11(18)14-10(8)17/h1-5,15H,12H2,(H2,13,14,16,17,18). The van der Waals surface area contributed by atoms with E-state index in [1.54, 1.807) is 24.3 Å². The lowest BCUT2D eigenvalue weighted by Crippen LogP contribution is -2.51. The summed E-state index contributed by atoms with van der Waals surface area (Å²) in [5.41, 5.74) is 3.68. The number of hydrogen-bond donors (Lipinski definition) is 4. The zero-order valence-corrected chi connectivity index (χ0v) is 9.19. The maximum Gasteiger partial charge on any atom is 0.328 e. The first-order valence-corrected chi connectivity index (χ1v) is 5.05. The summed E-state index contributed by atoms with van der Waals surface area (Å²) in [5.74, 6) is 3.78. The number of carbonyl (C=O) groups is 3. The first-order valence-electron chi connectivity index (χ1n) is 5.05. The fraction of sp³-hybridized carbons (Fsp3) is 0. The van der Waals surface area contributed by atoms with Crippen LogP contribution in [0.3, 0.4) is 0 Å². The highest BCUT2D eigenvalue weighted by molar-refractivity contribution is 6.31. The van der Waals surface area contributed by atoms with Crippen molar-refractivity contribution in [2.75, 3.05) is 5.43 Å². The Balaban J connectivity index is 2.28. The van der Waals surface area contributed by atoms with Crippen molar-refractivity contribution in [3.8, 4) is 0 Å². The van der Waals surface area contributed by atoms with Crippen LogP contribution in [0.5, 0.6) is 0 Å². The molecular formula is C11H10N4O3. The molecule has 18 heavy (non-hydrogen) atoms. The van der Waals surface area contributed by atoms with Gasteiger partial charge in [-0.1, -0.05) is 12.1 Å². The SMILES string of the molecule is NNc1ccc(C=C2C(=O)NC(=O)NC2=O)cc1. The fourth-order valence-electron chi connectivity index (χ4n) is 1.45. The van der Waals surface area contributed by atoms with Crippen LogP contribution < -0.4 is 21.9 Å². The van der Waals surface area contributed by atoms with E-state index < -0.39 is 17.8 Å². The highest BCUT2D eigenvalue weighted by Gasteiger charge is 2.27. The zero-order valence-electron chi connectivity index (χ0n) is 9.19. The molecule has 2 rings (SSSR count). The summed E-state index contributed by atoms with van der Waals surface area (Å²) >= 11 is 0. The van der Waals surface area contributed by atoms with E-state index in [9.17, 15) is 14.4 Å². The summed E-state index contributed by atoms with van der Waals surface area (Å²) in [6.45, 7) is 0. The molecule has 0 aromatic heterocycles. The number of barbiturate groups is 1. The van der Waals surface area contributed by atoms with Gasteiger partial charge in [0.1, 0.15) is 5.57 Å². The molecule has 7 heteroatoms. The van der Waals surface area contributed by atoms with Crippen molar-refractivity contribution in [1.82, 2.24) is 10.6 Å². The number of hydrogen-bond acceptors (Lipinski definition) is 5. The van der Waals surface area contributed by atoms with Crippen LogP contribution in [-0.2, 0) is 9.59 Å². The predicted octanol–water partition coefficient (Wildman–Crippen LogP) is -0.278. The van der Waals surface area contributed by atoms with Gasteiger partial charge in [-0.05, 0) is 23.8 Å². The van der Waals surface area contributed by atoms with E-state index in [-0.39, 0.29) is 5.57 Å². The summed E-state index contributed by atoms with van der Waals surface area (Å²) in [7, 11) is 0. The first kappa shape index (κ1) is 11.8. The molecule has 1 heterocycles. The van der Waals surface area contributed by atoms with Gasteiger partial charge in [0.15, 0.2) is 0 Å². The van der Waals surface area contributed by atoms with Crippen LogP contribution in [0.2, 0.25) is 0 Å². The molecule has 0 unspecified atom stereocenters. The minimum absolute atomic E-state index is 0.122. The lowest BCUT2D eigenvalue weighted by Gasteiger charge is -2.13. The number of hydrazine groups is 1. The van der Waals surface area contributed by atoms with E-state index in [1.165, 1.54) is 6.08 Å². The lowest BCUT2D eigenvalue weighted by atomic mass is 10.1. The number of nitrogens with one attached hydrogen (secondary N) is 3. The van der Waals surface area contributed by atoms with Crippen molar-refractivity contribution < 1.29 is 14.4 Å². The number of amides is 4. The molecule has 0 bridgehead atoms. The third-order valence-corrected chi connectivity index (χ3v) is 2.33. The van der Waals surface area contributed by atoms with Crippen molar-refractivity contribution in [2.45, 2.75) is 0 Å². The van der Waals surface area contributed by atoms with E-state index in [2.05, 4.69) is 5.43 Å². The van der Waals surface area contributed by atoms with Crippen LogP contribution in [0.4, 0.5) is 10.5 Å². The summed E-state index contributed by atoms with van der Waals surface area (Å²) < 4.78 is 0. The van der Waals surface area contributed by atoms with E-state index in [4.69, 9.17) is 5.84 Å². The molecule has 0 radical (unpaired) electrons. The van der Waals surface area contributed by atoms with Gasteiger partial charge in [-0.3, -0.25) is 26.1 Å². The number of carbonyl (C=O) groups excluding carboxylic acids is 3. The van der Waals surface area contributed by atoms with Crippen LogP contribution >= 0.6 is 0 Å². The molecule has 0 aliphatic carbocycles. The average molecular weight is 246 g/mol. The van der Waals surface area contributed by atoms with Crippen molar-refractivity contribution in [2.24, 2.45) is 5.84 Å². The third kappa shape index (κ3) is 2.36. The molecular weight excluding hydrogens is 236 g/mol. The number of nitrogen functional groups attached to an aromatic ring is 1. The van der Waals surface area contributed by atoms with Gasteiger partial charge in [0.25, 0.3) is 11.8 Å². The number of benzene rings is 1. The number of anilines is 1. The van der Waals surface area contributed by atoms with Gasteiger partial charge in [-0.15, -0.1) is 0 Å². The highest BCUT2D eigenvalue weighted by Crippen LogP contribution is 2.12. The van der Waals surface area contributed by atoms with Crippen LogP contribution in [-0.4, -0.2) is 17.8 Å². The van der Waals surface area contributed by atoms with Crippen LogP contribution in [0.15, 0.2) is 29.8 Å². The van der Waals surface area contributed by atoms with E-state index in [0.29, 0.717) is 11.3 Å². The van der Waals surface area contributed by atoms with Gasteiger partial charge >= 0.3 is 6.03 Å². The molecule has 5 N–H and O–H groups in total. The maximum absolute atomic E-state index is 11.4. The quantitative estimate of drug-likeness (QED) is 0.248. The van der Waals surface area contributed by atoms with Gasteiger partial charge in [0.2, 0.25) is 0 Å². The Bertz CT molecular complexity index is 526. The lowest BCUT2D eigenvalue weighted by molar-refractivity contribution is -0.123. The summed E-state index contributed by atoms with van der Waals surface area (Å²) in [4.78, 5) is 33.8. The Morgan fingerprint density at radius 1 is 1.00 bits per heavy atom. The minimum atomic E-state index is -0.815. The topological polar surface area (TPSA) is 113 Å². The van der Waals surface area contributed by atoms with Gasteiger partial charge in [-0.25, -0.2) is 4.79 Å². The molecule has 4 amide bonds. The monoisotopic (exact) mass is 246 g/mol. The maximum atomic E-state index is 11.4. The molecule has 0 saturated carbocycles. The Labute approximate surface area is 102 Å². The molecule has 1 saturated heterocycles. The van der Waals surface area contributed by atoms with E-state index in [0.717, 1.165) is 0 Å². The number of imide groups is 2. The second-order valence-corrected chi connectivity index (χ2v) is 3.56. The normalized spacial score (nSPS) is 14.9. The molecule has 1 fully saturated rings. The Kier molecular flexibility index (Phi) is 3.07. The van der Waals surface area contributed by atoms with Crippen molar-refractivity contribution >= 4 is 29.6 Å². The smallest absolute Gasteiger partial charge is 0.324 e. The Morgan fingerprint density at radius 3 is 2.06 bits per heavy atom. The van der Waals surface area contributed by atoms with Crippen LogP contribution in [0, 0.1) is 0 Å². The van der Waals surface area contributed by atoms with E-state index >= 15 is 0 Å². The largest absolute Gasteiger partial charge is 0.328 e. The predicted molar refractivity (Wildman–Crippen MR) is 63.9 cm³/mol. The molecule has 1 aromatic carbocycles. The van der Waals surface area contributed by atoms with Crippen molar-refractivity contribution in [3.63, 3.8) is 0 Å². The Morgan fingerprint density at radius 2 is 1.56 bits per heavy atom. The molecule has 0 spiro atoms. The van der Waals surface area contributed by atoms with Gasteiger partial charge < -0.3 is 5.43 Å². The van der Waals surface area contributed by atoms with Gasteiger partial charge in [-0.2, -0.15) is 0 Å².